The van der Waals surface area contributed by atoms with Crippen LogP contribution >= 0.6 is 23.2 Å². The Hall–Kier alpha value is -2.24. The summed E-state index contributed by atoms with van der Waals surface area (Å²) >= 11 is 11.5. The van der Waals surface area contributed by atoms with Gasteiger partial charge in [0.05, 0.1) is 10.0 Å². The van der Waals surface area contributed by atoms with E-state index in [2.05, 4.69) is 0 Å². The van der Waals surface area contributed by atoms with Crippen LogP contribution in [-0.4, -0.2) is 28.6 Å². The van der Waals surface area contributed by atoms with Crippen molar-refractivity contribution in [2.45, 2.75) is 0 Å². The van der Waals surface area contributed by atoms with Gasteiger partial charge < -0.3 is 14.9 Å². The summed E-state index contributed by atoms with van der Waals surface area (Å²) < 4.78 is 4.83. The van der Waals surface area contributed by atoms with E-state index in [4.69, 9.17) is 33.0 Å². The molecule has 2 N–H and O–H groups in total. The molecule has 0 atom stereocenters. The van der Waals surface area contributed by atoms with E-state index >= 15 is 0 Å². The zero-order valence-corrected chi connectivity index (χ0v) is 12.6. The molecule has 114 valence electrons. The van der Waals surface area contributed by atoms with Gasteiger partial charge in [0.15, 0.2) is 12.4 Å². The summed E-state index contributed by atoms with van der Waals surface area (Å²) in [6.45, 7) is -0.517. The summed E-state index contributed by atoms with van der Waals surface area (Å²) in [6.07, 6.45) is 0. The van der Waals surface area contributed by atoms with Crippen LogP contribution in [0.1, 0.15) is 20.7 Å². The Morgan fingerprint density at radius 3 is 2.36 bits per heavy atom. The number of ether oxygens (including phenoxy) is 1. The first-order valence-corrected chi connectivity index (χ1v) is 6.81. The van der Waals surface area contributed by atoms with Crippen molar-refractivity contribution >= 4 is 35.0 Å². The molecule has 0 radical (unpaired) electrons. The molecule has 7 heteroatoms. The Balaban J connectivity index is 2.04. The van der Waals surface area contributed by atoms with E-state index in [1.165, 1.54) is 30.3 Å². The molecule has 0 aliphatic heterocycles. The lowest BCUT2D eigenvalue weighted by Crippen LogP contribution is -2.14. The van der Waals surface area contributed by atoms with Gasteiger partial charge in [0.1, 0.15) is 17.1 Å². The maximum Gasteiger partial charge on any atom is 0.342 e. The summed E-state index contributed by atoms with van der Waals surface area (Å²) in [4.78, 5) is 23.7. The van der Waals surface area contributed by atoms with Crippen LogP contribution in [0, 0.1) is 0 Å². The fourth-order valence-corrected chi connectivity index (χ4v) is 1.95. The normalized spacial score (nSPS) is 10.3. The highest BCUT2D eigenvalue weighted by atomic mass is 35.5. The van der Waals surface area contributed by atoms with Crippen LogP contribution in [0.2, 0.25) is 10.0 Å². The molecule has 0 spiro atoms. The van der Waals surface area contributed by atoms with E-state index in [1.807, 2.05) is 0 Å². The van der Waals surface area contributed by atoms with Crippen LogP contribution in [0.25, 0.3) is 0 Å². The fraction of sp³-hybridized carbons (Fsp3) is 0.0667. The van der Waals surface area contributed by atoms with Crippen LogP contribution in [0.4, 0.5) is 0 Å². The minimum Gasteiger partial charge on any atom is -0.508 e. The first-order chi connectivity index (χ1) is 10.4. The quantitative estimate of drug-likeness (QED) is 0.657. The van der Waals surface area contributed by atoms with Crippen LogP contribution in [0.15, 0.2) is 36.4 Å². The molecule has 0 aliphatic rings. The topological polar surface area (TPSA) is 83.8 Å². The van der Waals surface area contributed by atoms with Gasteiger partial charge in [-0.05, 0) is 30.3 Å². The van der Waals surface area contributed by atoms with Crippen LogP contribution in [0.3, 0.4) is 0 Å². The molecule has 0 saturated carbocycles. The van der Waals surface area contributed by atoms with Crippen molar-refractivity contribution in [1.29, 1.82) is 0 Å². The van der Waals surface area contributed by atoms with Gasteiger partial charge in [0.25, 0.3) is 0 Å². The van der Waals surface area contributed by atoms with Gasteiger partial charge in [-0.15, -0.1) is 0 Å². The number of rotatable bonds is 4. The molecule has 0 fully saturated rings. The molecular weight excluding hydrogens is 331 g/mol. The Labute approximate surface area is 135 Å². The molecule has 2 rings (SSSR count). The molecule has 22 heavy (non-hydrogen) atoms. The molecule has 5 nitrogen and oxygen atoms in total. The van der Waals surface area contributed by atoms with E-state index in [0.29, 0.717) is 5.02 Å². The van der Waals surface area contributed by atoms with Crippen molar-refractivity contribution in [2.24, 2.45) is 0 Å². The number of ketones is 1. The van der Waals surface area contributed by atoms with Gasteiger partial charge in [-0.25, -0.2) is 4.79 Å². The van der Waals surface area contributed by atoms with Crippen LogP contribution < -0.4 is 0 Å². The number of hydrogen-bond acceptors (Lipinski definition) is 5. The standard InChI is InChI=1S/C15H10Cl2O5/c16-11-4-1-8(5-12(11)17)14(20)7-22-15(21)10-3-2-9(18)6-13(10)19/h1-6,18-19H,7H2. The first-order valence-electron chi connectivity index (χ1n) is 6.06. The van der Waals surface area contributed by atoms with Gasteiger partial charge >= 0.3 is 5.97 Å². The summed E-state index contributed by atoms with van der Waals surface area (Å²) in [6, 6.07) is 7.70. The minimum atomic E-state index is -0.883. The van der Waals surface area contributed by atoms with Gasteiger partial charge in [0.2, 0.25) is 0 Å². The van der Waals surface area contributed by atoms with Crippen molar-refractivity contribution in [3.8, 4) is 11.5 Å². The first kappa shape index (κ1) is 16.1. The van der Waals surface area contributed by atoms with Crippen LogP contribution in [0.5, 0.6) is 11.5 Å². The molecule has 2 aromatic rings. The van der Waals surface area contributed by atoms with E-state index in [0.717, 1.165) is 6.07 Å². The van der Waals surface area contributed by atoms with E-state index in [-0.39, 0.29) is 21.9 Å². The Morgan fingerprint density at radius 2 is 1.73 bits per heavy atom. The second-order valence-corrected chi connectivity index (χ2v) is 5.14. The fourth-order valence-electron chi connectivity index (χ4n) is 1.65. The average molecular weight is 341 g/mol. The Morgan fingerprint density at radius 1 is 1.00 bits per heavy atom. The number of phenolic OH excluding ortho intramolecular Hbond substituents is 2. The van der Waals surface area contributed by atoms with Crippen molar-refractivity contribution in [3.05, 3.63) is 57.6 Å². The number of benzene rings is 2. The summed E-state index contributed by atoms with van der Waals surface area (Å²) in [5, 5.41) is 19.2. The van der Waals surface area contributed by atoms with Gasteiger partial charge in [-0.1, -0.05) is 23.2 Å². The van der Waals surface area contributed by atoms with Crippen molar-refractivity contribution < 1.29 is 24.5 Å². The molecule has 0 amide bonds. The summed E-state index contributed by atoms with van der Waals surface area (Å²) in [7, 11) is 0. The number of carbonyl (C=O) groups excluding carboxylic acids is 2. The van der Waals surface area contributed by atoms with E-state index < -0.39 is 24.1 Å². The molecule has 2 aromatic carbocycles. The van der Waals surface area contributed by atoms with E-state index in [1.54, 1.807) is 0 Å². The molecule has 0 aliphatic carbocycles. The number of hydrogen-bond donors (Lipinski definition) is 2. The van der Waals surface area contributed by atoms with Gasteiger partial charge in [0, 0.05) is 11.6 Å². The third-order valence-electron chi connectivity index (χ3n) is 2.78. The molecule has 0 saturated heterocycles. The molecule has 0 bridgehead atoms. The number of halogens is 2. The highest BCUT2D eigenvalue weighted by molar-refractivity contribution is 6.42. The molecule has 0 aromatic heterocycles. The number of phenols is 2. The Bertz CT molecular complexity index is 743. The lowest BCUT2D eigenvalue weighted by Gasteiger charge is -2.07. The third-order valence-corrected chi connectivity index (χ3v) is 3.52. The lowest BCUT2D eigenvalue weighted by molar-refractivity contribution is 0.0472. The Kier molecular flexibility index (Phi) is 4.90. The molecular formula is C15H10Cl2O5. The number of aromatic hydroxyl groups is 2. The maximum atomic E-state index is 11.9. The van der Waals surface area contributed by atoms with Crippen molar-refractivity contribution in [2.75, 3.05) is 6.61 Å². The highest BCUT2D eigenvalue weighted by Crippen LogP contribution is 2.24. The minimum absolute atomic E-state index is 0.153. The zero-order chi connectivity index (χ0) is 16.3. The van der Waals surface area contributed by atoms with Gasteiger partial charge in [-0.3, -0.25) is 4.79 Å². The molecule has 0 unspecified atom stereocenters. The number of esters is 1. The highest BCUT2D eigenvalue weighted by Gasteiger charge is 2.16. The van der Waals surface area contributed by atoms with E-state index in [9.17, 15) is 14.7 Å². The van der Waals surface area contributed by atoms with Gasteiger partial charge in [-0.2, -0.15) is 0 Å². The lowest BCUT2D eigenvalue weighted by atomic mass is 10.1. The predicted molar refractivity (Wildman–Crippen MR) is 80.8 cm³/mol. The largest absolute Gasteiger partial charge is 0.508 e. The number of carbonyl (C=O) groups is 2. The maximum absolute atomic E-state index is 11.9. The van der Waals surface area contributed by atoms with Crippen molar-refractivity contribution in [1.82, 2.24) is 0 Å². The smallest absolute Gasteiger partial charge is 0.342 e. The number of Topliss-reactive ketones (excluding diaryl/α,β-unsaturated/α-hetero) is 1. The third kappa shape index (κ3) is 3.69. The zero-order valence-electron chi connectivity index (χ0n) is 11.0. The second-order valence-electron chi connectivity index (χ2n) is 4.33. The molecule has 0 heterocycles. The average Bonchev–Trinajstić information content (AvgIpc) is 2.47. The summed E-state index contributed by atoms with van der Waals surface area (Å²) in [5.74, 6) is -1.98. The van der Waals surface area contributed by atoms with Crippen LogP contribution in [-0.2, 0) is 4.74 Å². The predicted octanol–water partition coefficient (Wildman–Crippen LogP) is 3.44. The second kappa shape index (κ2) is 6.68. The summed E-state index contributed by atoms with van der Waals surface area (Å²) in [5.41, 5.74) is 0.0943. The monoisotopic (exact) mass is 340 g/mol. The van der Waals surface area contributed by atoms with Crippen molar-refractivity contribution in [3.63, 3.8) is 0 Å². The SMILES string of the molecule is O=C(COC(=O)c1ccc(O)cc1O)c1ccc(Cl)c(Cl)c1.